The molecule has 1 aliphatic rings. The van der Waals surface area contributed by atoms with E-state index in [1.807, 2.05) is 0 Å². The Balaban J connectivity index is 1.77. The van der Waals surface area contributed by atoms with Gasteiger partial charge in [0.15, 0.2) is 0 Å². The number of ether oxygens (including phenoxy) is 2. The van der Waals surface area contributed by atoms with Gasteiger partial charge >= 0.3 is 0 Å². The largest absolute Gasteiger partial charge is 0.493 e. The zero-order valence-corrected chi connectivity index (χ0v) is 11.5. The van der Waals surface area contributed by atoms with Crippen molar-refractivity contribution in [2.24, 2.45) is 5.73 Å². The highest BCUT2D eigenvalue weighted by atomic mass is 16.5. The first-order chi connectivity index (χ1) is 9.65. The molecule has 0 bridgehead atoms. The molecule has 0 unspecified atom stereocenters. The number of primary amides is 1. The van der Waals surface area contributed by atoms with Crippen LogP contribution in [0.2, 0.25) is 0 Å². The summed E-state index contributed by atoms with van der Waals surface area (Å²) in [6.45, 7) is 5.12. The average molecular weight is 279 g/mol. The van der Waals surface area contributed by atoms with Gasteiger partial charge in [-0.15, -0.1) is 0 Å². The Kier molecular flexibility index (Phi) is 5.20. The molecule has 1 heterocycles. The monoisotopic (exact) mass is 279 g/mol. The highest BCUT2D eigenvalue weighted by molar-refractivity contribution is 5.94. The van der Waals surface area contributed by atoms with Gasteiger partial charge < -0.3 is 20.9 Å². The van der Waals surface area contributed by atoms with Gasteiger partial charge in [0.25, 0.3) is 0 Å². The van der Waals surface area contributed by atoms with Crippen LogP contribution in [-0.4, -0.2) is 50.3 Å². The predicted molar refractivity (Wildman–Crippen MR) is 76.7 cm³/mol. The fraction of sp³-hybridized carbons (Fsp3) is 0.500. The highest BCUT2D eigenvalue weighted by Gasteiger charge is 2.09. The van der Waals surface area contributed by atoms with E-state index in [2.05, 4.69) is 4.90 Å². The van der Waals surface area contributed by atoms with Crippen molar-refractivity contribution >= 4 is 11.6 Å². The topological polar surface area (TPSA) is 90.8 Å². The number of anilines is 1. The van der Waals surface area contributed by atoms with E-state index >= 15 is 0 Å². The number of morpholine rings is 1. The molecule has 6 nitrogen and oxygen atoms in total. The quantitative estimate of drug-likeness (QED) is 0.583. The van der Waals surface area contributed by atoms with Gasteiger partial charge in [-0.1, -0.05) is 0 Å². The summed E-state index contributed by atoms with van der Waals surface area (Å²) >= 11 is 0. The molecule has 2 rings (SSSR count). The van der Waals surface area contributed by atoms with E-state index in [4.69, 9.17) is 20.9 Å². The standard InChI is InChI=1S/C14H21N3O3/c15-12-8-11(14(16)18)9-13(10-12)20-5-1-2-17-3-6-19-7-4-17/h8-10H,1-7,15H2,(H2,16,18). The molecule has 1 amide bonds. The summed E-state index contributed by atoms with van der Waals surface area (Å²) in [6, 6.07) is 4.86. The molecule has 0 aliphatic carbocycles. The SMILES string of the molecule is NC(=O)c1cc(N)cc(OCCCN2CCOCC2)c1. The van der Waals surface area contributed by atoms with Crippen LogP contribution in [0.15, 0.2) is 18.2 Å². The molecule has 1 aliphatic heterocycles. The minimum Gasteiger partial charge on any atom is -0.493 e. The molecule has 0 aromatic heterocycles. The highest BCUT2D eigenvalue weighted by Crippen LogP contribution is 2.18. The van der Waals surface area contributed by atoms with Gasteiger partial charge in [0, 0.05) is 37.0 Å². The summed E-state index contributed by atoms with van der Waals surface area (Å²) < 4.78 is 10.9. The predicted octanol–water partition coefficient (Wildman–Crippen LogP) is 0.469. The molecule has 0 spiro atoms. The molecule has 0 atom stereocenters. The fourth-order valence-corrected chi connectivity index (χ4v) is 2.15. The molecular weight excluding hydrogens is 258 g/mol. The second-order valence-electron chi connectivity index (χ2n) is 4.81. The first-order valence-corrected chi connectivity index (χ1v) is 6.78. The van der Waals surface area contributed by atoms with E-state index in [0.29, 0.717) is 23.6 Å². The van der Waals surface area contributed by atoms with Crippen LogP contribution in [0, 0.1) is 0 Å². The van der Waals surface area contributed by atoms with Crippen molar-refractivity contribution in [3.8, 4) is 5.75 Å². The van der Waals surface area contributed by atoms with Crippen molar-refractivity contribution in [2.45, 2.75) is 6.42 Å². The minimum absolute atomic E-state index is 0.369. The summed E-state index contributed by atoms with van der Waals surface area (Å²) in [4.78, 5) is 13.5. The third-order valence-electron chi connectivity index (χ3n) is 3.20. The summed E-state index contributed by atoms with van der Waals surface area (Å²) in [6.07, 6.45) is 0.917. The Morgan fingerprint density at radius 1 is 1.30 bits per heavy atom. The van der Waals surface area contributed by atoms with Crippen LogP contribution in [0.3, 0.4) is 0 Å². The average Bonchev–Trinajstić information content (AvgIpc) is 2.44. The molecule has 6 heteroatoms. The molecule has 110 valence electrons. The van der Waals surface area contributed by atoms with Gasteiger partial charge in [-0.3, -0.25) is 9.69 Å². The van der Waals surface area contributed by atoms with Gasteiger partial charge in [-0.05, 0) is 18.6 Å². The normalized spacial score (nSPS) is 16.0. The van der Waals surface area contributed by atoms with Crippen LogP contribution in [0.5, 0.6) is 5.75 Å². The van der Waals surface area contributed by atoms with E-state index in [1.165, 1.54) is 0 Å². The lowest BCUT2D eigenvalue weighted by Crippen LogP contribution is -2.37. The van der Waals surface area contributed by atoms with E-state index in [0.717, 1.165) is 39.3 Å². The van der Waals surface area contributed by atoms with Crippen molar-refractivity contribution in [3.05, 3.63) is 23.8 Å². The van der Waals surface area contributed by atoms with Crippen LogP contribution in [-0.2, 0) is 4.74 Å². The number of benzene rings is 1. The number of amides is 1. The lowest BCUT2D eigenvalue weighted by Gasteiger charge is -2.26. The van der Waals surface area contributed by atoms with Gasteiger partial charge in [-0.2, -0.15) is 0 Å². The first kappa shape index (κ1) is 14.6. The lowest BCUT2D eigenvalue weighted by atomic mass is 10.2. The van der Waals surface area contributed by atoms with Gasteiger partial charge in [-0.25, -0.2) is 0 Å². The maximum atomic E-state index is 11.1. The molecule has 1 saturated heterocycles. The summed E-state index contributed by atoms with van der Waals surface area (Å²) in [5.74, 6) is 0.0799. The Morgan fingerprint density at radius 2 is 2.05 bits per heavy atom. The van der Waals surface area contributed by atoms with E-state index in [1.54, 1.807) is 18.2 Å². The van der Waals surface area contributed by atoms with E-state index < -0.39 is 5.91 Å². The number of hydrogen-bond acceptors (Lipinski definition) is 5. The van der Waals surface area contributed by atoms with Crippen LogP contribution in [0.25, 0.3) is 0 Å². The Hall–Kier alpha value is -1.79. The van der Waals surface area contributed by atoms with E-state index in [9.17, 15) is 4.79 Å². The number of hydrogen-bond donors (Lipinski definition) is 2. The molecule has 20 heavy (non-hydrogen) atoms. The second kappa shape index (κ2) is 7.12. The van der Waals surface area contributed by atoms with Gasteiger partial charge in [0.2, 0.25) is 5.91 Å². The first-order valence-electron chi connectivity index (χ1n) is 6.78. The number of carbonyl (C=O) groups excluding carboxylic acids is 1. The molecule has 4 N–H and O–H groups in total. The summed E-state index contributed by atoms with van der Waals surface area (Å²) in [5, 5.41) is 0. The molecular formula is C14H21N3O3. The van der Waals surface area contributed by atoms with Crippen molar-refractivity contribution in [1.82, 2.24) is 4.90 Å². The molecule has 0 radical (unpaired) electrons. The Labute approximate surface area is 118 Å². The van der Waals surface area contributed by atoms with Crippen molar-refractivity contribution in [3.63, 3.8) is 0 Å². The number of carbonyl (C=O) groups is 1. The molecule has 1 fully saturated rings. The zero-order valence-electron chi connectivity index (χ0n) is 11.5. The maximum absolute atomic E-state index is 11.1. The van der Waals surface area contributed by atoms with Gasteiger partial charge in [0.05, 0.1) is 19.8 Å². The van der Waals surface area contributed by atoms with Crippen LogP contribution in [0.1, 0.15) is 16.8 Å². The van der Waals surface area contributed by atoms with Gasteiger partial charge in [0.1, 0.15) is 5.75 Å². The van der Waals surface area contributed by atoms with Crippen LogP contribution >= 0.6 is 0 Å². The third-order valence-corrected chi connectivity index (χ3v) is 3.20. The second-order valence-corrected chi connectivity index (χ2v) is 4.81. The summed E-state index contributed by atoms with van der Waals surface area (Å²) in [7, 11) is 0. The number of nitrogens with zero attached hydrogens (tertiary/aromatic N) is 1. The zero-order chi connectivity index (χ0) is 14.4. The Morgan fingerprint density at radius 3 is 2.75 bits per heavy atom. The van der Waals surface area contributed by atoms with E-state index in [-0.39, 0.29) is 0 Å². The fourth-order valence-electron chi connectivity index (χ4n) is 2.15. The number of rotatable bonds is 6. The number of nitrogen functional groups attached to an aromatic ring is 1. The lowest BCUT2D eigenvalue weighted by molar-refractivity contribution is 0.0358. The summed E-state index contributed by atoms with van der Waals surface area (Å²) in [5.41, 5.74) is 11.8. The smallest absolute Gasteiger partial charge is 0.248 e. The molecule has 1 aromatic carbocycles. The molecule has 0 saturated carbocycles. The Bertz CT molecular complexity index is 459. The maximum Gasteiger partial charge on any atom is 0.248 e. The van der Waals surface area contributed by atoms with Crippen molar-refractivity contribution in [1.29, 1.82) is 0 Å². The van der Waals surface area contributed by atoms with Crippen molar-refractivity contribution in [2.75, 3.05) is 45.2 Å². The molecule has 1 aromatic rings. The van der Waals surface area contributed by atoms with Crippen LogP contribution < -0.4 is 16.2 Å². The number of nitrogens with two attached hydrogens (primary N) is 2. The van der Waals surface area contributed by atoms with Crippen molar-refractivity contribution < 1.29 is 14.3 Å². The van der Waals surface area contributed by atoms with Crippen LogP contribution in [0.4, 0.5) is 5.69 Å². The minimum atomic E-state index is -0.504. The third kappa shape index (κ3) is 4.40.